The van der Waals surface area contributed by atoms with Gasteiger partial charge in [-0.3, -0.25) is 4.79 Å². The van der Waals surface area contributed by atoms with Crippen molar-refractivity contribution in [2.75, 3.05) is 19.0 Å². The van der Waals surface area contributed by atoms with Crippen LogP contribution in [0.15, 0.2) is 61.4 Å². The molecule has 0 saturated carbocycles. The van der Waals surface area contributed by atoms with Crippen LogP contribution in [0.1, 0.15) is 5.56 Å². The minimum Gasteiger partial charge on any atom is -0.493 e. The maximum atomic E-state index is 12.2. The number of aromatic nitrogens is 4. The highest BCUT2D eigenvalue weighted by Crippen LogP contribution is 2.28. The molecule has 138 valence electrons. The number of ether oxygens (including phenoxy) is 2. The molecule has 8 heteroatoms. The van der Waals surface area contributed by atoms with Crippen LogP contribution in [-0.4, -0.2) is 39.8 Å². The lowest BCUT2D eigenvalue weighted by Crippen LogP contribution is -2.20. The highest BCUT2D eigenvalue weighted by Gasteiger charge is 2.09. The molecule has 0 fully saturated rings. The number of hydrogen-bond donors (Lipinski definition) is 1. The first-order valence-electron chi connectivity index (χ1n) is 8.23. The van der Waals surface area contributed by atoms with Gasteiger partial charge in [0.25, 0.3) is 5.91 Å². The lowest BCUT2D eigenvalue weighted by atomic mass is 10.1. The summed E-state index contributed by atoms with van der Waals surface area (Å²) in [6.07, 6.45) is 4.02. The molecule has 0 aliphatic rings. The molecule has 8 nitrogen and oxygen atoms in total. The van der Waals surface area contributed by atoms with E-state index in [0.29, 0.717) is 17.2 Å². The third-order valence-electron chi connectivity index (χ3n) is 3.71. The summed E-state index contributed by atoms with van der Waals surface area (Å²) in [4.78, 5) is 12.2. The predicted molar refractivity (Wildman–Crippen MR) is 100 cm³/mol. The summed E-state index contributed by atoms with van der Waals surface area (Å²) in [5.74, 6) is 0.784. The SMILES string of the molecule is C=CCc1ccc(OCC(=O)Nc2cccc(-n3cnnn3)c2)c(OC)c1. The van der Waals surface area contributed by atoms with E-state index in [0.717, 1.165) is 17.7 Å². The van der Waals surface area contributed by atoms with Gasteiger partial charge in [0, 0.05) is 5.69 Å². The number of nitrogens with one attached hydrogen (secondary N) is 1. The van der Waals surface area contributed by atoms with E-state index in [-0.39, 0.29) is 12.5 Å². The molecule has 0 aliphatic carbocycles. The number of tetrazole rings is 1. The quantitative estimate of drug-likeness (QED) is 0.617. The molecule has 1 amide bonds. The van der Waals surface area contributed by atoms with Crippen molar-refractivity contribution in [2.24, 2.45) is 0 Å². The smallest absolute Gasteiger partial charge is 0.262 e. The van der Waals surface area contributed by atoms with Crippen LogP contribution in [0.25, 0.3) is 5.69 Å². The minimum atomic E-state index is -0.291. The van der Waals surface area contributed by atoms with Gasteiger partial charge in [-0.15, -0.1) is 11.7 Å². The molecule has 2 aromatic carbocycles. The Morgan fingerprint density at radius 2 is 2.15 bits per heavy atom. The fourth-order valence-corrected chi connectivity index (χ4v) is 2.47. The van der Waals surface area contributed by atoms with E-state index in [2.05, 4.69) is 27.4 Å². The van der Waals surface area contributed by atoms with Gasteiger partial charge in [0.2, 0.25) is 0 Å². The number of carbonyl (C=O) groups excluding carboxylic acids is 1. The van der Waals surface area contributed by atoms with Gasteiger partial charge in [-0.1, -0.05) is 18.2 Å². The number of rotatable bonds is 8. The second kappa shape index (κ2) is 8.61. The van der Waals surface area contributed by atoms with Gasteiger partial charge < -0.3 is 14.8 Å². The molecule has 0 spiro atoms. The molecule has 1 N–H and O–H groups in total. The van der Waals surface area contributed by atoms with Crippen molar-refractivity contribution in [1.29, 1.82) is 0 Å². The van der Waals surface area contributed by atoms with E-state index in [1.54, 1.807) is 31.4 Å². The molecule has 1 heterocycles. The Morgan fingerprint density at radius 3 is 2.89 bits per heavy atom. The molecule has 0 radical (unpaired) electrons. The average Bonchev–Trinajstić information content (AvgIpc) is 3.22. The maximum absolute atomic E-state index is 12.2. The topological polar surface area (TPSA) is 91.2 Å². The van der Waals surface area contributed by atoms with Gasteiger partial charge in [-0.05, 0) is 52.7 Å². The normalized spacial score (nSPS) is 10.3. The van der Waals surface area contributed by atoms with Crippen LogP contribution < -0.4 is 14.8 Å². The molecule has 3 aromatic rings. The van der Waals surface area contributed by atoms with E-state index < -0.39 is 0 Å². The van der Waals surface area contributed by atoms with Crippen LogP contribution in [0, 0.1) is 0 Å². The van der Waals surface area contributed by atoms with Crippen molar-refractivity contribution in [1.82, 2.24) is 20.2 Å². The van der Waals surface area contributed by atoms with Crippen LogP contribution >= 0.6 is 0 Å². The number of amides is 1. The van der Waals surface area contributed by atoms with Gasteiger partial charge in [-0.25, -0.2) is 4.68 Å². The van der Waals surface area contributed by atoms with E-state index in [1.807, 2.05) is 24.3 Å². The molecule has 0 bridgehead atoms. The van der Waals surface area contributed by atoms with E-state index in [9.17, 15) is 4.79 Å². The van der Waals surface area contributed by atoms with Gasteiger partial charge in [0.05, 0.1) is 12.8 Å². The Labute approximate surface area is 156 Å². The number of benzene rings is 2. The maximum Gasteiger partial charge on any atom is 0.262 e. The summed E-state index contributed by atoms with van der Waals surface area (Å²) in [7, 11) is 1.56. The highest BCUT2D eigenvalue weighted by atomic mass is 16.5. The zero-order valence-corrected chi connectivity index (χ0v) is 14.8. The molecule has 3 rings (SSSR count). The summed E-state index contributed by atoms with van der Waals surface area (Å²) in [6.45, 7) is 3.57. The summed E-state index contributed by atoms with van der Waals surface area (Å²) in [5.41, 5.74) is 2.40. The second-order valence-corrected chi connectivity index (χ2v) is 5.62. The van der Waals surface area contributed by atoms with Crippen molar-refractivity contribution in [3.63, 3.8) is 0 Å². The molecule has 0 aliphatic heterocycles. The fraction of sp³-hybridized carbons (Fsp3) is 0.158. The molecular formula is C19H19N5O3. The highest BCUT2D eigenvalue weighted by molar-refractivity contribution is 5.92. The van der Waals surface area contributed by atoms with Gasteiger partial charge in [-0.2, -0.15) is 0 Å². The first kappa shape index (κ1) is 18.1. The van der Waals surface area contributed by atoms with E-state index in [4.69, 9.17) is 9.47 Å². The van der Waals surface area contributed by atoms with Gasteiger partial charge in [0.1, 0.15) is 6.33 Å². The Kier molecular flexibility index (Phi) is 5.78. The number of anilines is 1. The van der Waals surface area contributed by atoms with Gasteiger partial charge in [0.15, 0.2) is 18.1 Å². The predicted octanol–water partition coefficient (Wildman–Crippen LogP) is 2.42. The lowest BCUT2D eigenvalue weighted by Gasteiger charge is -2.12. The van der Waals surface area contributed by atoms with Crippen LogP contribution in [0.5, 0.6) is 11.5 Å². The minimum absolute atomic E-state index is 0.147. The Morgan fingerprint density at radius 1 is 1.26 bits per heavy atom. The zero-order valence-electron chi connectivity index (χ0n) is 14.8. The van der Waals surface area contributed by atoms with E-state index >= 15 is 0 Å². The molecule has 0 unspecified atom stereocenters. The number of carbonyl (C=O) groups is 1. The fourth-order valence-electron chi connectivity index (χ4n) is 2.47. The van der Waals surface area contributed by atoms with Gasteiger partial charge >= 0.3 is 0 Å². The van der Waals surface area contributed by atoms with Crippen molar-refractivity contribution < 1.29 is 14.3 Å². The summed E-state index contributed by atoms with van der Waals surface area (Å²) >= 11 is 0. The van der Waals surface area contributed by atoms with Crippen LogP contribution in [0.2, 0.25) is 0 Å². The number of methoxy groups -OCH3 is 1. The Balaban J connectivity index is 1.62. The number of hydrogen-bond acceptors (Lipinski definition) is 6. The lowest BCUT2D eigenvalue weighted by molar-refractivity contribution is -0.118. The summed E-state index contributed by atoms with van der Waals surface area (Å²) in [5, 5.41) is 13.8. The van der Waals surface area contributed by atoms with Crippen molar-refractivity contribution >= 4 is 11.6 Å². The summed E-state index contributed by atoms with van der Waals surface area (Å²) in [6, 6.07) is 12.7. The average molecular weight is 365 g/mol. The Hall–Kier alpha value is -3.68. The first-order chi connectivity index (χ1) is 13.2. The summed E-state index contributed by atoms with van der Waals surface area (Å²) < 4.78 is 12.4. The second-order valence-electron chi connectivity index (χ2n) is 5.62. The number of nitrogens with zero attached hydrogens (tertiary/aromatic N) is 4. The molecule has 1 aromatic heterocycles. The van der Waals surface area contributed by atoms with Crippen molar-refractivity contribution in [3.05, 3.63) is 67.0 Å². The third-order valence-corrected chi connectivity index (χ3v) is 3.71. The number of allylic oxidation sites excluding steroid dienone is 1. The molecule has 0 saturated heterocycles. The zero-order chi connectivity index (χ0) is 19.1. The van der Waals surface area contributed by atoms with Crippen molar-refractivity contribution in [2.45, 2.75) is 6.42 Å². The molecule has 0 atom stereocenters. The van der Waals surface area contributed by atoms with Crippen molar-refractivity contribution in [3.8, 4) is 17.2 Å². The first-order valence-corrected chi connectivity index (χ1v) is 8.23. The largest absolute Gasteiger partial charge is 0.493 e. The van der Waals surface area contributed by atoms with E-state index in [1.165, 1.54) is 11.0 Å². The van der Waals surface area contributed by atoms with Crippen LogP contribution in [0.4, 0.5) is 5.69 Å². The molecular weight excluding hydrogens is 346 g/mol. The standard InChI is InChI=1S/C19H19N5O3/c1-3-5-14-8-9-17(18(10-14)26-2)27-12-19(25)21-15-6-4-7-16(11-15)24-13-20-22-23-24/h3-4,6-11,13H,1,5,12H2,2H3,(H,21,25). The van der Waals surface area contributed by atoms with Crippen LogP contribution in [0.3, 0.4) is 0 Å². The van der Waals surface area contributed by atoms with Crippen LogP contribution in [-0.2, 0) is 11.2 Å². The third kappa shape index (κ3) is 4.69. The Bertz CT molecular complexity index is 925. The monoisotopic (exact) mass is 365 g/mol. The molecule has 27 heavy (non-hydrogen) atoms.